The number of aromatic nitrogens is 4. The van der Waals surface area contributed by atoms with Gasteiger partial charge in [0.15, 0.2) is 5.65 Å². The summed E-state index contributed by atoms with van der Waals surface area (Å²) >= 11 is 0. The van der Waals surface area contributed by atoms with Gasteiger partial charge >= 0.3 is 0 Å². The molecule has 5 heteroatoms. The van der Waals surface area contributed by atoms with Gasteiger partial charge in [-0.1, -0.05) is 6.92 Å². The van der Waals surface area contributed by atoms with Crippen molar-refractivity contribution >= 4 is 16.7 Å². The van der Waals surface area contributed by atoms with Crippen LogP contribution in [0.25, 0.3) is 16.7 Å². The third kappa shape index (κ3) is 2.22. The van der Waals surface area contributed by atoms with E-state index in [1.54, 1.807) is 0 Å². The Hall–Kier alpha value is -2.17. The standard InChI is InChI=1S/C16H20N4O/c1-5-7-13-18-11(4)15-10(3)17-12-8-9-14(21-6-2)19-16(12)20(13)15/h8-9H,5-7H2,1-4H3. The van der Waals surface area contributed by atoms with E-state index in [9.17, 15) is 0 Å². The second-order valence-corrected chi connectivity index (χ2v) is 5.17. The molecule has 0 saturated carbocycles. The van der Waals surface area contributed by atoms with E-state index < -0.39 is 0 Å². The van der Waals surface area contributed by atoms with E-state index >= 15 is 0 Å². The van der Waals surface area contributed by atoms with Crippen molar-refractivity contribution in [2.45, 2.75) is 40.5 Å². The predicted molar refractivity (Wildman–Crippen MR) is 82.9 cm³/mol. The van der Waals surface area contributed by atoms with E-state index in [0.717, 1.165) is 46.7 Å². The number of aryl methyl sites for hydroxylation is 3. The van der Waals surface area contributed by atoms with Gasteiger partial charge in [-0.15, -0.1) is 0 Å². The number of nitrogens with zero attached hydrogens (tertiary/aromatic N) is 4. The largest absolute Gasteiger partial charge is 0.478 e. The first-order valence-corrected chi connectivity index (χ1v) is 7.43. The Balaban J connectivity index is 2.39. The number of rotatable bonds is 4. The summed E-state index contributed by atoms with van der Waals surface area (Å²) in [7, 11) is 0. The number of hydrogen-bond acceptors (Lipinski definition) is 4. The Morgan fingerprint density at radius 3 is 2.52 bits per heavy atom. The summed E-state index contributed by atoms with van der Waals surface area (Å²) in [5.74, 6) is 1.67. The van der Waals surface area contributed by atoms with Crippen molar-refractivity contribution < 1.29 is 4.74 Å². The second-order valence-electron chi connectivity index (χ2n) is 5.17. The van der Waals surface area contributed by atoms with Crippen molar-refractivity contribution in [3.05, 3.63) is 29.3 Å². The lowest BCUT2D eigenvalue weighted by atomic mass is 10.3. The van der Waals surface area contributed by atoms with Crippen LogP contribution in [0, 0.1) is 13.8 Å². The average Bonchev–Trinajstić information content (AvgIpc) is 2.78. The van der Waals surface area contributed by atoms with Crippen LogP contribution in [0.1, 0.15) is 37.5 Å². The van der Waals surface area contributed by atoms with Crippen LogP contribution in [0.15, 0.2) is 12.1 Å². The molecule has 0 aliphatic rings. The number of pyridine rings is 1. The summed E-state index contributed by atoms with van der Waals surface area (Å²) in [5, 5.41) is 0. The van der Waals surface area contributed by atoms with Gasteiger partial charge in [0.05, 0.1) is 23.5 Å². The van der Waals surface area contributed by atoms with Gasteiger partial charge in [0.2, 0.25) is 5.88 Å². The minimum Gasteiger partial charge on any atom is -0.478 e. The van der Waals surface area contributed by atoms with Crippen LogP contribution in [-0.2, 0) is 6.42 Å². The molecule has 5 nitrogen and oxygen atoms in total. The van der Waals surface area contributed by atoms with E-state index in [1.807, 2.05) is 32.9 Å². The second kappa shape index (κ2) is 5.31. The van der Waals surface area contributed by atoms with Crippen molar-refractivity contribution in [3.63, 3.8) is 0 Å². The molecule has 3 heterocycles. The van der Waals surface area contributed by atoms with Crippen LogP contribution in [-0.4, -0.2) is 26.0 Å². The molecule has 0 saturated heterocycles. The maximum Gasteiger partial charge on any atom is 0.215 e. The normalized spacial score (nSPS) is 11.4. The highest BCUT2D eigenvalue weighted by atomic mass is 16.5. The smallest absolute Gasteiger partial charge is 0.215 e. The fraction of sp³-hybridized carbons (Fsp3) is 0.438. The van der Waals surface area contributed by atoms with Gasteiger partial charge in [-0.2, -0.15) is 4.98 Å². The fourth-order valence-corrected chi connectivity index (χ4v) is 2.77. The SMILES string of the molecule is CCCc1nc(C)c2c(C)nc3ccc(OCC)nc3n12. The topological polar surface area (TPSA) is 52.3 Å². The molecule has 0 radical (unpaired) electrons. The molecule has 0 spiro atoms. The lowest BCUT2D eigenvalue weighted by Crippen LogP contribution is -2.03. The minimum absolute atomic E-state index is 0.603. The molecule has 0 unspecified atom stereocenters. The number of hydrogen-bond donors (Lipinski definition) is 0. The summed E-state index contributed by atoms with van der Waals surface area (Å²) in [5.41, 5.74) is 4.76. The molecule has 0 aromatic carbocycles. The highest BCUT2D eigenvalue weighted by molar-refractivity contribution is 5.77. The Morgan fingerprint density at radius 1 is 1.05 bits per heavy atom. The van der Waals surface area contributed by atoms with Gasteiger partial charge in [-0.25, -0.2) is 9.97 Å². The lowest BCUT2D eigenvalue weighted by Gasteiger charge is -2.09. The zero-order valence-electron chi connectivity index (χ0n) is 13.0. The third-order valence-electron chi connectivity index (χ3n) is 3.56. The van der Waals surface area contributed by atoms with Crippen LogP contribution in [0.5, 0.6) is 5.88 Å². The first-order chi connectivity index (χ1) is 10.2. The number of ether oxygens (including phenoxy) is 1. The molecule has 0 aliphatic carbocycles. The molecular weight excluding hydrogens is 264 g/mol. The maximum atomic E-state index is 5.53. The van der Waals surface area contributed by atoms with E-state index in [-0.39, 0.29) is 0 Å². The van der Waals surface area contributed by atoms with Crippen LogP contribution in [0.3, 0.4) is 0 Å². The van der Waals surface area contributed by atoms with E-state index in [1.165, 1.54) is 0 Å². The van der Waals surface area contributed by atoms with E-state index in [4.69, 9.17) is 9.72 Å². The van der Waals surface area contributed by atoms with Crippen molar-refractivity contribution in [1.82, 2.24) is 19.4 Å². The van der Waals surface area contributed by atoms with Gasteiger partial charge in [0.25, 0.3) is 0 Å². The van der Waals surface area contributed by atoms with Crippen LogP contribution in [0.2, 0.25) is 0 Å². The van der Waals surface area contributed by atoms with Crippen molar-refractivity contribution in [2.24, 2.45) is 0 Å². The predicted octanol–water partition coefficient (Wildman–Crippen LogP) is 3.25. The van der Waals surface area contributed by atoms with Crippen molar-refractivity contribution in [3.8, 4) is 5.88 Å². The molecule has 0 N–H and O–H groups in total. The van der Waals surface area contributed by atoms with Crippen LogP contribution >= 0.6 is 0 Å². The minimum atomic E-state index is 0.603. The zero-order chi connectivity index (χ0) is 15.0. The van der Waals surface area contributed by atoms with Gasteiger partial charge in [-0.3, -0.25) is 4.40 Å². The fourth-order valence-electron chi connectivity index (χ4n) is 2.77. The summed E-state index contributed by atoms with van der Waals surface area (Å²) in [6.07, 6.45) is 1.97. The number of imidazole rings is 1. The maximum absolute atomic E-state index is 5.53. The summed E-state index contributed by atoms with van der Waals surface area (Å²) < 4.78 is 7.67. The van der Waals surface area contributed by atoms with E-state index in [0.29, 0.717) is 12.5 Å². The molecule has 0 bridgehead atoms. The van der Waals surface area contributed by atoms with Crippen molar-refractivity contribution in [2.75, 3.05) is 6.61 Å². The van der Waals surface area contributed by atoms with Crippen LogP contribution < -0.4 is 4.74 Å². The van der Waals surface area contributed by atoms with Crippen molar-refractivity contribution in [1.29, 1.82) is 0 Å². The van der Waals surface area contributed by atoms with Gasteiger partial charge in [-0.05, 0) is 33.3 Å². The van der Waals surface area contributed by atoms with Gasteiger partial charge in [0, 0.05) is 12.5 Å². The summed E-state index contributed by atoms with van der Waals surface area (Å²) in [6, 6.07) is 3.83. The number of fused-ring (bicyclic) bond motifs is 3. The monoisotopic (exact) mass is 284 g/mol. The highest BCUT2D eigenvalue weighted by Gasteiger charge is 2.15. The molecule has 0 amide bonds. The average molecular weight is 284 g/mol. The van der Waals surface area contributed by atoms with Crippen LogP contribution in [0.4, 0.5) is 0 Å². The molecule has 3 rings (SSSR count). The molecule has 3 aromatic rings. The first kappa shape index (κ1) is 13.8. The Bertz CT molecular complexity index is 807. The molecule has 0 fully saturated rings. The lowest BCUT2D eigenvalue weighted by molar-refractivity contribution is 0.328. The summed E-state index contributed by atoms with van der Waals surface area (Å²) in [4.78, 5) is 14.0. The summed E-state index contributed by atoms with van der Waals surface area (Å²) in [6.45, 7) is 8.77. The van der Waals surface area contributed by atoms with Gasteiger partial charge in [0.1, 0.15) is 11.3 Å². The van der Waals surface area contributed by atoms with E-state index in [2.05, 4.69) is 21.3 Å². The Morgan fingerprint density at radius 2 is 1.81 bits per heavy atom. The molecule has 110 valence electrons. The first-order valence-electron chi connectivity index (χ1n) is 7.43. The Kier molecular flexibility index (Phi) is 3.49. The van der Waals surface area contributed by atoms with Gasteiger partial charge < -0.3 is 4.74 Å². The Labute approximate surface area is 124 Å². The third-order valence-corrected chi connectivity index (χ3v) is 3.56. The molecule has 3 aromatic heterocycles. The quantitative estimate of drug-likeness (QED) is 0.738. The zero-order valence-corrected chi connectivity index (χ0v) is 13.0. The molecule has 0 atom stereocenters. The highest BCUT2D eigenvalue weighted by Crippen LogP contribution is 2.23. The molecule has 0 aliphatic heterocycles. The molecule has 21 heavy (non-hydrogen) atoms. The molecular formula is C16H20N4O.